The molecule has 0 aromatic heterocycles. The van der Waals surface area contributed by atoms with Crippen molar-refractivity contribution in [3.05, 3.63) is 0 Å². The van der Waals surface area contributed by atoms with E-state index in [1.54, 1.807) is 6.92 Å². The van der Waals surface area contributed by atoms with Crippen molar-refractivity contribution < 1.29 is 9.53 Å². The zero-order valence-electron chi connectivity index (χ0n) is 8.64. The average Bonchev–Trinajstić information content (AvgIpc) is 2.50. The fourth-order valence-electron chi connectivity index (χ4n) is 2.54. The normalized spacial score (nSPS) is 30.5. The molecule has 2 saturated heterocycles. The first-order valence-electron chi connectivity index (χ1n) is 5.35. The minimum absolute atomic E-state index is 0.0541. The molecular weight excluding hydrogens is 180 g/mol. The Hall–Kier alpha value is -0.610. The van der Waals surface area contributed by atoms with Crippen LogP contribution in [0.1, 0.15) is 26.2 Å². The summed E-state index contributed by atoms with van der Waals surface area (Å²) in [5.41, 5.74) is -0.0725. The van der Waals surface area contributed by atoms with Gasteiger partial charge in [0.1, 0.15) is 0 Å². The van der Waals surface area contributed by atoms with E-state index in [0.29, 0.717) is 0 Å². The Morgan fingerprint density at radius 1 is 1.50 bits per heavy atom. The van der Waals surface area contributed by atoms with E-state index in [0.717, 1.165) is 39.0 Å². The van der Waals surface area contributed by atoms with Crippen molar-refractivity contribution in [1.82, 2.24) is 10.6 Å². The van der Waals surface area contributed by atoms with Crippen LogP contribution >= 0.6 is 0 Å². The second-order valence-electron chi connectivity index (χ2n) is 4.21. The molecule has 1 atom stereocenters. The van der Waals surface area contributed by atoms with Gasteiger partial charge in [0.25, 0.3) is 0 Å². The minimum atomic E-state index is -0.0725. The summed E-state index contributed by atoms with van der Waals surface area (Å²) >= 11 is 0. The molecule has 2 aliphatic heterocycles. The van der Waals surface area contributed by atoms with Gasteiger partial charge in [-0.2, -0.15) is 0 Å². The highest BCUT2D eigenvalue weighted by atomic mass is 16.5. The van der Waals surface area contributed by atoms with Gasteiger partial charge in [-0.15, -0.1) is 0 Å². The summed E-state index contributed by atoms with van der Waals surface area (Å²) in [7, 11) is 0. The van der Waals surface area contributed by atoms with Crippen molar-refractivity contribution in [2.75, 3.05) is 19.7 Å². The quantitative estimate of drug-likeness (QED) is 0.625. The van der Waals surface area contributed by atoms with Crippen LogP contribution in [0.4, 0.5) is 0 Å². The van der Waals surface area contributed by atoms with E-state index < -0.39 is 0 Å². The zero-order chi connectivity index (χ0) is 10.0. The highest BCUT2D eigenvalue weighted by Gasteiger charge is 2.45. The highest BCUT2D eigenvalue weighted by Crippen LogP contribution is 2.34. The number of carbonyl (C=O) groups is 1. The summed E-state index contributed by atoms with van der Waals surface area (Å²) in [5.74, 6) is 0.0541. The maximum Gasteiger partial charge on any atom is 0.217 e. The van der Waals surface area contributed by atoms with Gasteiger partial charge in [-0.1, -0.05) is 0 Å². The topological polar surface area (TPSA) is 50.4 Å². The number of amides is 1. The molecule has 1 spiro atoms. The number of rotatable bonds is 1. The molecule has 2 fully saturated rings. The summed E-state index contributed by atoms with van der Waals surface area (Å²) in [5, 5.41) is 6.33. The number of carbonyl (C=O) groups excluding carboxylic acids is 1. The van der Waals surface area contributed by atoms with Crippen LogP contribution in [-0.4, -0.2) is 37.2 Å². The van der Waals surface area contributed by atoms with Crippen molar-refractivity contribution in [2.24, 2.45) is 0 Å². The van der Waals surface area contributed by atoms with Gasteiger partial charge in [0.05, 0.1) is 11.6 Å². The SMILES string of the molecule is CC(=O)NC1CCOC12CCNCC2. The van der Waals surface area contributed by atoms with Gasteiger partial charge in [-0.25, -0.2) is 0 Å². The Morgan fingerprint density at radius 2 is 2.21 bits per heavy atom. The maximum atomic E-state index is 11.0. The fraction of sp³-hybridized carbons (Fsp3) is 0.900. The van der Waals surface area contributed by atoms with E-state index in [2.05, 4.69) is 10.6 Å². The van der Waals surface area contributed by atoms with Gasteiger partial charge in [0, 0.05) is 13.5 Å². The van der Waals surface area contributed by atoms with Crippen LogP contribution in [0.15, 0.2) is 0 Å². The molecule has 1 unspecified atom stereocenters. The first-order chi connectivity index (χ1) is 6.73. The van der Waals surface area contributed by atoms with Crippen LogP contribution in [0.2, 0.25) is 0 Å². The van der Waals surface area contributed by atoms with E-state index in [1.807, 2.05) is 0 Å². The number of piperidine rings is 1. The number of hydrogen-bond donors (Lipinski definition) is 2. The lowest BCUT2D eigenvalue weighted by atomic mass is 9.85. The molecule has 4 heteroatoms. The summed E-state index contributed by atoms with van der Waals surface area (Å²) in [4.78, 5) is 11.0. The Morgan fingerprint density at radius 3 is 2.86 bits per heavy atom. The summed E-state index contributed by atoms with van der Waals surface area (Å²) in [6.45, 7) is 4.35. The Kier molecular flexibility index (Phi) is 2.74. The fourth-order valence-corrected chi connectivity index (χ4v) is 2.54. The molecule has 2 heterocycles. The van der Waals surface area contributed by atoms with Gasteiger partial charge >= 0.3 is 0 Å². The molecule has 1 amide bonds. The van der Waals surface area contributed by atoms with Gasteiger partial charge in [0.15, 0.2) is 0 Å². The van der Waals surface area contributed by atoms with Crippen LogP contribution in [0.25, 0.3) is 0 Å². The Bertz CT molecular complexity index is 224. The molecule has 0 aromatic carbocycles. The predicted octanol–water partition coefficient (Wildman–Crippen LogP) is 0.0336. The number of nitrogens with one attached hydrogen (secondary N) is 2. The summed E-state index contributed by atoms with van der Waals surface area (Å²) in [6.07, 6.45) is 2.98. The van der Waals surface area contributed by atoms with Gasteiger partial charge in [-0.05, 0) is 32.4 Å². The second-order valence-corrected chi connectivity index (χ2v) is 4.21. The lowest BCUT2D eigenvalue weighted by Gasteiger charge is -2.38. The smallest absolute Gasteiger partial charge is 0.217 e. The van der Waals surface area contributed by atoms with Crippen molar-refractivity contribution in [3.8, 4) is 0 Å². The largest absolute Gasteiger partial charge is 0.373 e. The molecule has 0 radical (unpaired) electrons. The Labute approximate surface area is 84.4 Å². The van der Waals surface area contributed by atoms with E-state index in [4.69, 9.17) is 4.74 Å². The van der Waals surface area contributed by atoms with Crippen LogP contribution in [0, 0.1) is 0 Å². The third-order valence-corrected chi connectivity index (χ3v) is 3.26. The van der Waals surface area contributed by atoms with Crippen LogP contribution in [0.5, 0.6) is 0 Å². The van der Waals surface area contributed by atoms with Crippen molar-refractivity contribution in [1.29, 1.82) is 0 Å². The van der Waals surface area contributed by atoms with Gasteiger partial charge in [-0.3, -0.25) is 4.79 Å². The third-order valence-electron chi connectivity index (χ3n) is 3.26. The molecule has 0 aliphatic carbocycles. The van der Waals surface area contributed by atoms with Gasteiger partial charge < -0.3 is 15.4 Å². The molecule has 0 saturated carbocycles. The van der Waals surface area contributed by atoms with E-state index in [-0.39, 0.29) is 17.6 Å². The van der Waals surface area contributed by atoms with E-state index in [1.165, 1.54) is 0 Å². The molecule has 2 rings (SSSR count). The first-order valence-corrected chi connectivity index (χ1v) is 5.35. The van der Waals surface area contributed by atoms with Crippen molar-refractivity contribution in [2.45, 2.75) is 37.8 Å². The standard InChI is InChI=1S/C10H18N2O2/c1-8(13)12-9-2-7-14-10(9)3-5-11-6-4-10/h9,11H,2-7H2,1H3,(H,12,13). The zero-order valence-corrected chi connectivity index (χ0v) is 8.64. The lowest BCUT2D eigenvalue weighted by molar-refractivity contribution is -0.121. The molecule has 80 valence electrons. The monoisotopic (exact) mass is 198 g/mol. The summed E-state index contributed by atoms with van der Waals surface area (Å²) in [6, 6.07) is 0.224. The van der Waals surface area contributed by atoms with Crippen LogP contribution in [0.3, 0.4) is 0 Å². The molecule has 4 nitrogen and oxygen atoms in total. The minimum Gasteiger partial charge on any atom is -0.373 e. The van der Waals surface area contributed by atoms with E-state index >= 15 is 0 Å². The lowest BCUT2D eigenvalue weighted by Crippen LogP contribution is -2.54. The second kappa shape index (κ2) is 3.87. The molecule has 0 bridgehead atoms. The van der Waals surface area contributed by atoms with Crippen LogP contribution in [-0.2, 0) is 9.53 Å². The molecule has 0 aromatic rings. The Balaban J connectivity index is 2.03. The first kappa shape index (κ1) is 9.93. The maximum absolute atomic E-state index is 11.0. The van der Waals surface area contributed by atoms with Gasteiger partial charge in [0.2, 0.25) is 5.91 Å². The summed E-state index contributed by atoms with van der Waals surface area (Å²) < 4.78 is 5.84. The van der Waals surface area contributed by atoms with E-state index in [9.17, 15) is 4.79 Å². The molecule has 2 aliphatic rings. The van der Waals surface area contributed by atoms with Crippen molar-refractivity contribution >= 4 is 5.91 Å². The predicted molar refractivity (Wildman–Crippen MR) is 53.0 cm³/mol. The molecule has 2 N–H and O–H groups in total. The molecule has 14 heavy (non-hydrogen) atoms. The van der Waals surface area contributed by atoms with Crippen LogP contribution < -0.4 is 10.6 Å². The number of hydrogen-bond acceptors (Lipinski definition) is 3. The highest BCUT2D eigenvalue weighted by molar-refractivity contribution is 5.73. The molecular formula is C10H18N2O2. The third kappa shape index (κ3) is 1.77. The van der Waals surface area contributed by atoms with Crippen molar-refractivity contribution in [3.63, 3.8) is 0 Å². The average molecular weight is 198 g/mol. The number of ether oxygens (including phenoxy) is 1.